The van der Waals surface area contributed by atoms with E-state index in [-0.39, 0.29) is 0 Å². The highest BCUT2D eigenvalue weighted by atomic mass is 28.4. The van der Waals surface area contributed by atoms with Gasteiger partial charge in [-0.15, -0.1) is 0 Å². The highest BCUT2D eigenvalue weighted by Crippen LogP contribution is 2.16. The van der Waals surface area contributed by atoms with Gasteiger partial charge in [-0.05, 0) is 38.3 Å². The molecule has 126 valence electrons. The van der Waals surface area contributed by atoms with Crippen LogP contribution in [0.25, 0.3) is 0 Å². The highest BCUT2D eigenvalue weighted by Gasteiger charge is 2.27. The van der Waals surface area contributed by atoms with E-state index in [1.54, 1.807) is 0 Å². The number of rotatable bonds is 8. The maximum absolute atomic E-state index is 11.7. The zero-order valence-electron chi connectivity index (χ0n) is 14.9. The van der Waals surface area contributed by atoms with Gasteiger partial charge in [0.25, 0.3) is 0 Å². The van der Waals surface area contributed by atoms with Crippen LogP contribution < -0.4 is 0 Å². The van der Waals surface area contributed by atoms with Crippen LogP contribution in [-0.2, 0) is 18.4 Å². The van der Waals surface area contributed by atoms with Crippen molar-refractivity contribution < 1.29 is 18.4 Å². The number of hydrogen-bond acceptors (Lipinski definition) is 4. The second-order valence-electron chi connectivity index (χ2n) is 6.76. The maximum atomic E-state index is 11.7. The topological polar surface area (TPSA) is 52.6 Å². The van der Waals surface area contributed by atoms with Gasteiger partial charge in [0.05, 0.1) is 0 Å². The summed E-state index contributed by atoms with van der Waals surface area (Å²) < 4.78 is 10.8. The van der Waals surface area contributed by atoms with Crippen molar-refractivity contribution in [3.63, 3.8) is 0 Å². The van der Waals surface area contributed by atoms with Gasteiger partial charge in [-0.2, -0.15) is 0 Å². The molecule has 0 aromatic carbocycles. The first-order valence-corrected chi connectivity index (χ1v) is 14.3. The molecule has 0 N–H and O–H groups in total. The van der Waals surface area contributed by atoms with Gasteiger partial charge >= 0.3 is 11.9 Å². The monoisotopic (exact) mass is 342 g/mol. The third-order valence-corrected chi connectivity index (χ3v) is 7.86. The largest absolute Gasteiger partial charge is 0.510 e. The van der Waals surface area contributed by atoms with Crippen molar-refractivity contribution in [1.82, 2.24) is 0 Å². The van der Waals surface area contributed by atoms with E-state index in [2.05, 4.69) is 25.7 Å². The summed E-state index contributed by atoms with van der Waals surface area (Å²) in [6, 6.07) is 1.83. The van der Waals surface area contributed by atoms with Gasteiger partial charge in [0, 0.05) is 11.8 Å². The van der Waals surface area contributed by atoms with Crippen molar-refractivity contribution in [2.24, 2.45) is 0 Å². The average Bonchev–Trinajstić information content (AvgIpc) is 2.40. The Hall–Kier alpha value is -1.07. The van der Waals surface area contributed by atoms with E-state index >= 15 is 0 Å². The Morgan fingerprint density at radius 2 is 1.09 bits per heavy atom. The molecule has 22 heavy (non-hydrogen) atoms. The lowest BCUT2D eigenvalue weighted by molar-refractivity contribution is -0.130. The predicted molar refractivity (Wildman–Crippen MR) is 94.4 cm³/mol. The maximum Gasteiger partial charge on any atom is 0.371 e. The van der Waals surface area contributed by atoms with Crippen LogP contribution in [0.1, 0.15) is 39.5 Å². The molecule has 0 rings (SSSR count). The molecular weight excluding hydrogens is 312 g/mol. The molecule has 0 unspecified atom stereocenters. The number of hydrogen-bond donors (Lipinski definition) is 0. The van der Waals surface area contributed by atoms with E-state index in [4.69, 9.17) is 8.85 Å². The van der Waals surface area contributed by atoms with E-state index < -0.39 is 28.6 Å². The van der Waals surface area contributed by atoms with Gasteiger partial charge in [0.15, 0.2) is 0 Å². The molecule has 0 radical (unpaired) electrons. The third kappa shape index (κ3) is 10.6. The second kappa shape index (κ2) is 9.85. The summed E-state index contributed by atoms with van der Waals surface area (Å²) in [6.07, 6.45) is 4.23. The van der Waals surface area contributed by atoms with Crippen LogP contribution in [0.3, 0.4) is 0 Å². The third-order valence-electron chi connectivity index (χ3n) is 3.27. The summed E-state index contributed by atoms with van der Waals surface area (Å²) >= 11 is 0. The van der Waals surface area contributed by atoms with Crippen molar-refractivity contribution in [2.45, 2.75) is 77.8 Å². The molecule has 6 heteroatoms. The first-order chi connectivity index (χ1) is 10.1. The van der Waals surface area contributed by atoms with E-state index in [1.165, 1.54) is 0 Å². The van der Waals surface area contributed by atoms with Crippen LogP contribution in [0.2, 0.25) is 38.3 Å². The van der Waals surface area contributed by atoms with E-state index in [0.717, 1.165) is 37.8 Å². The molecule has 0 amide bonds. The molecular formula is C16H30O4Si2. The van der Waals surface area contributed by atoms with Crippen molar-refractivity contribution in [3.8, 4) is 11.8 Å². The second-order valence-corrected chi connectivity index (χ2v) is 15.2. The van der Waals surface area contributed by atoms with Gasteiger partial charge in [0.2, 0.25) is 16.6 Å². The van der Waals surface area contributed by atoms with Crippen molar-refractivity contribution in [3.05, 3.63) is 0 Å². The smallest absolute Gasteiger partial charge is 0.371 e. The number of carbonyl (C=O) groups is 2. The van der Waals surface area contributed by atoms with Gasteiger partial charge in [-0.3, -0.25) is 0 Å². The standard InChI is InChI=1S/C16H30O4Si2/c1-7-9-13-21(3,4)19-15(17)11-12-16(18)20-22(5,6)14-10-8-2/h7-10,13-14H2,1-6H3. The molecule has 0 atom stereocenters. The minimum atomic E-state index is -2.02. The quantitative estimate of drug-likeness (QED) is 0.492. The van der Waals surface area contributed by atoms with E-state index in [9.17, 15) is 9.59 Å². The first-order valence-electron chi connectivity index (χ1n) is 8.10. The SMILES string of the molecule is CCCC[Si](C)(C)OC(=O)C#CC(=O)O[Si](C)(C)CCCC. The zero-order chi connectivity index (χ0) is 17.2. The lowest BCUT2D eigenvalue weighted by Crippen LogP contribution is -2.33. The lowest BCUT2D eigenvalue weighted by atomic mass is 10.4. The molecule has 0 heterocycles. The molecule has 0 saturated heterocycles. The molecule has 0 saturated carbocycles. The van der Waals surface area contributed by atoms with Gasteiger partial charge in [0.1, 0.15) is 0 Å². The summed E-state index contributed by atoms with van der Waals surface area (Å²) in [7, 11) is -4.04. The molecule has 0 bridgehead atoms. The zero-order valence-corrected chi connectivity index (χ0v) is 16.9. The van der Waals surface area contributed by atoms with Gasteiger partial charge < -0.3 is 8.85 Å². The van der Waals surface area contributed by atoms with Gasteiger partial charge in [-0.25, -0.2) is 9.59 Å². The normalized spacial score (nSPS) is 11.4. The van der Waals surface area contributed by atoms with Crippen LogP contribution >= 0.6 is 0 Å². The Balaban J connectivity index is 4.42. The molecule has 0 aliphatic heterocycles. The minimum absolute atomic E-state index is 0.613. The molecule has 0 aliphatic carbocycles. The minimum Gasteiger partial charge on any atom is -0.510 e. The van der Waals surface area contributed by atoms with Gasteiger partial charge in [-0.1, -0.05) is 39.5 Å². The van der Waals surface area contributed by atoms with Crippen LogP contribution in [0.15, 0.2) is 0 Å². The van der Waals surface area contributed by atoms with Crippen LogP contribution in [0.5, 0.6) is 0 Å². The molecule has 0 aromatic heterocycles. The van der Waals surface area contributed by atoms with Crippen molar-refractivity contribution >= 4 is 28.6 Å². The number of unbranched alkanes of at least 4 members (excludes halogenated alkanes) is 2. The van der Waals surface area contributed by atoms with Crippen LogP contribution in [0.4, 0.5) is 0 Å². The fraction of sp³-hybridized carbons (Fsp3) is 0.750. The summed E-state index contributed by atoms with van der Waals surface area (Å²) in [4.78, 5) is 23.4. The highest BCUT2D eigenvalue weighted by molar-refractivity contribution is 6.73. The molecule has 0 fully saturated rings. The fourth-order valence-corrected chi connectivity index (χ4v) is 5.68. The van der Waals surface area contributed by atoms with Crippen LogP contribution in [0, 0.1) is 11.8 Å². The Morgan fingerprint density at radius 3 is 1.36 bits per heavy atom. The Labute approximate surface area is 137 Å². The first kappa shape index (κ1) is 20.9. The number of carbonyl (C=O) groups excluding carboxylic acids is 2. The summed E-state index contributed by atoms with van der Waals surface area (Å²) in [5.41, 5.74) is 0. The lowest BCUT2D eigenvalue weighted by Gasteiger charge is -2.21. The van der Waals surface area contributed by atoms with Crippen molar-refractivity contribution in [1.29, 1.82) is 0 Å². The molecule has 0 aliphatic rings. The summed E-state index contributed by atoms with van der Waals surface area (Å²) in [6.45, 7) is 12.2. The van der Waals surface area contributed by atoms with Crippen LogP contribution in [-0.4, -0.2) is 28.6 Å². The van der Waals surface area contributed by atoms with Crippen molar-refractivity contribution in [2.75, 3.05) is 0 Å². The predicted octanol–water partition coefficient (Wildman–Crippen LogP) is 4.09. The fourth-order valence-electron chi connectivity index (χ4n) is 1.96. The van der Waals surface area contributed by atoms with E-state index in [1.807, 2.05) is 26.2 Å². The molecule has 4 nitrogen and oxygen atoms in total. The Kier molecular flexibility index (Phi) is 9.37. The molecule has 0 spiro atoms. The van der Waals surface area contributed by atoms with E-state index in [0.29, 0.717) is 0 Å². The molecule has 0 aromatic rings. The summed E-state index contributed by atoms with van der Waals surface area (Å²) in [5, 5.41) is 0. The summed E-state index contributed by atoms with van der Waals surface area (Å²) in [5.74, 6) is 3.30. The average molecular weight is 343 g/mol. The Bertz CT molecular complexity index is 395. The Morgan fingerprint density at radius 1 is 0.773 bits per heavy atom.